The summed E-state index contributed by atoms with van der Waals surface area (Å²) in [6.07, 6.45) is -5.25. The molecule has 1 aliphatic heterocycles. The number of hydrogen-bond donors (Lipinski definition) is 4. The van der Waals surface area contributed by atoms with Crippen molar-refractivity contribution in [1.29, 1.82) is 0 Å². The minimum atomic E-state index is -1.37. The van der Waals surface area contributed by atoms with Crippen LogP contribution >= 0.6 is 11.6 Å². The molecule has 20 heavy (non-hydrogen) atoms. The van der Waals surface area contributed by atoms with Gasteiger partial charge in [-0.05, 0) is 12.1 Å². The Hall–Kier alpha value is -0.730. The van der Waals surface area contributed by atoms with Crippen molar-refractivity contribution in [2.45, 2.75) is 30.7 Å². The van der Waals surface area contributed by atoms with Crippen LogP contribution in [0.15, 0.2) is 24.3 Å². The van der Waals surface area contributed by atoms with Crippen LogP contribution in [0.1, 0.15) is 11.9 Å². The average Bonchev–Trinajstić information content (AvgIpc) is 2.89. The third-order valence-corrected chi connectivity index (χ3v) is 3.40. The van der Waals surface area contributed by atoms with E-state index in [1.54, 1.807) is 24.3 Å². The molecule has 0 aliphatic carbocycles. The van der Waals surface area contributed by atoms with Gasteiger partial charge in [-0.2, -0.15) is 0 Å². The number of halogens is 1. The van der Waals surface area contributed by atoms with Gasteiger partial charge in [0, 0.05) is 10.6 Å². The summed E-state index contributed by atoms with van der Waals surface area (Å²) in [6, 6.07) is 6.82. The van der Waals surface area contributed by atoms with Crippen molar-refractivity contribution in [3.63, 3.8) is 0 Å². The molecule has 7 heteroatoms. The number of aliphatic hydroxyl groups is 4. The number of hydrogen-bond acceptors (Lipinski definition) is 6. The van der Waals surface area contributed by atoms with E-state index in [4.69, 9.17) is 26.2 Å². The molecular weight excluding hydrogens is 288 g/mol. The minimum Gasteiger partial charge on any atom is -0.394 e. The summed E-state index contributed by atoms with van der Waals surface area (Å²) in [4.78, 5) is 0. The van der Waals surface area contributed by atoms with E-state index in [1.807, 2.05) is 0 Å². The maximum atomic E-state index is 9.89. The van der Waals surface area contributed by atoms with Crippen LogP contribution in [0.5, 0.6) is 0 Å². The molecule has 6 nitrogen and oxygen atoms in total. The molecule has 0 amide bonds. The van der Waals surface area contributed by atoms with Crippen LogP contribution < -0.4 is 0 Å². The lowest BCUT2D eigenvalue weighted by Gasteiger charge is -2.23. The second-order valence-corrected chi connectivity index (χ2v) is 5.02. The van der Waals surface area contributed by atoms with Gasteiger partial charge in [-0.3, -0.25) is 0 Å². The van der Waals surface area contributed by atoms with Gasteiger partial charge in [0.05, 0.1) is 13.2 Å². The highest BCUT2D eigenvalue weighted by Gasteiger charge is 2.43. The molecule has 5 atom stereocenters. The first-order chi connectivity index (χ1) is 9.56. The van der Waals surface area contributed by atoms with Crippen LogP contribution in [0.25, 0.3) is 0 Å². The van der Waals surface area contributed by atoms with Gasteiger partial charge in [-0.1, -0.05) is 23.7 Å². The van der Waals surface area contributed by atoms with E-state index in [0.717, 1.165) is 0 Å². The normalized spacial score (nSPS) is 29.4. The molecule has 0 saturated carbocycles. The van der Waals surface area contributed by atoms with E-state index in [0.29, 0.717) is 10.6 Å². The molecule has 1 aromatic carbocycles. The fourth-order valence-electron chi connectivity index (χ4n) is 2.08. The Kier molecular flexibility index (Phi) is 5.34. The summed E-state index contributed by atoms with van der Waals surface area (Å²) in [5, 5.41) is 38.0. The standard InChI is InChI=1S/C13H17ClO6/c14-8-3-1-2-7(4-8)13-19-10(6-16)12(20-13)11(18)9(17)5-15/h1-4,9-13,15-18H,5-6H2/t9-,10+,11-,12-,13?/m0/s1. The number of benzene rings is 1. The van der Waals surface area contributed by atoms with Crippen LogP contribution in [0.3, 0.4) is 0 Å². The lowest BCUT2D eigenvalue weighted by Crippen LogP contribution is -2.45. The van der Waals surface area contributed by atoms with Gasteiger partial charge in [-0.25, -0.2) is 0 Å². The van der Waals surface area contributed by atoms with Gasteiger partial charge in [-0.15, -0.1) is 0 Å². The third kappa shape index (κ3) is 3.29. The van der Waals surface area contributed by atoms with Gasteiger partial charge < -0.3 is 29.9 Å². The quantitative estimate of drug-likeness (QED) is 0.603. The van der Waals surface area contributed by atoms with Gasteiger partial charge >= 0.3 is 0 Å². The SMILES string of the molecule is OC[C@H](O)[C@H](O)[C@H]1OC(c2cccc(Cl)c2)O[C@@H]1CO. The Morgan fingerprint density at radius 2 is 1.95 bits per heavy atom. The lowest BCUT2D eigenvalue weighted by atomic mass is 10.0. The molecule has 0 aromatic heterocycles. The largest absolute Gasteiger partial charge is 0.394 e. The maximum absolute atomic E-state index is 9.89. The van der Waals surface area contributed by atoms with Crippen LogP contribution in [0, 0.1) is 0 Å². The second kappa shape index (κ2) is 6.82. The molecule has 1 saturated heterocycles. The molecule has 112 valence electrons. The Labute approximate surface area is 121 Å². The molecule has 0 radical (unpaired) electrons. The zero-order chi connectivity index (χ0) is 14.7. The van der Waals surface area contributed by atoms with E-state index in [-0.39, 0.29) is 6.61 Å². The van der Waals surface area contributed by atoms with Gasteiger partial charge in [0.15, 0.2) is 6.29 Å². The van der Waals surface area contributed by atoms with Crippen molar-refractivity contribution in [1.82, 2.24) is 0 Å². The lowest BCUT2D eigenvalue weighted by molar-refractivity contribution is -0.113. The number of ether oxygens (including phenoxy) is 2. The molecule has 4 N–H and O–H groups in total. The minimum absolute atomic E-state index is 0.378. The topological polar surface area (TPSA) is 99.4 Å². The van der Waals surface area contributed by atoms with Crippen molar-refractivity contribution < 1.29 is 29.9 Å². The summed E-state index contributed by atoms with van der Waals surface area (Å²) in [5.41, 5.74) is 0.643. The van der Waals surface area contributed by atoms with Crippen molar-refractivity contribution >= 4 is 11.6 Å². The van der Waals surface area contributed by atoms with E-state index >= 15 is 0 Å². The molecule has 1 aromatic rings. The smallest absolute Gasteiger partial charge is 0.185 e. The highest BCUT2D eigenvalue weighted by molar-refractivity contribution is 6.30. The molecule has 1 unspecified atom stereocenters. The van der Waals surface area contributed by atoms with Crippen molar-refractivity contribution in [2.24, 2.45) is 0 Å². The summed E-state index contributed by atoms with van der Waals surface area (Å²) >= 11 is 5.88. The maximum Gasteiger partial charge on any atom is 0.185 e. The predicted octanol–water partition coefficient (Wildman–Crippen LogP) is -0.171. The van der Waals surface area contributed by atoms with E-state index in [2.05, 4.69) is 0 Å². The van der Waals surface area contributed by atoms with E-state index < -0.39 is 37.3 Å². The number of aliphatic hydroxyl groups excluding tert-OH is 4. The average molecular weight is 305 g/mol. The molecule has 1 heterocycles. The summed E-state index contributed by atoms with van der Waals surface area (Å²) in [7, 11) is 0. The van der Waals surface area contributed by atoms with Crippen LogP contribution in [0.2, 0.25) is 5.02 Å². The van der Waals surface area contributed by atoms with Crippen LogP contribution in [-0.2, 0) is 9.47 Å². The highest BCUT2D eigenvalue weighted by Crippen LogP contribution is 2.34. The summed E-state index contributed by atoms with van der Waals surface area (Å²) in [5.74, 6) is 0. The van der Waals surface area contributed by atoms with Gasteiger partial charge in [0.25, 0.3) is 0 Å². The third-order valence-electron chi connectivity index (χ3n) is 3.16. The van der Waals surface area contributed by atoms with Crippen molar-refractivity contribution in [3.05, 3.63) is 34.9 Å². The molecule has 2 rings (SSSR count). The van der Waals surface area contributed by atoms with Crippen LogP contribution in [0.4, 0.5) is 0 Å². The monoisotopic (exact) mass is 304 g/mol. The first-order valence-corrected chi connectivity index (χ1v) is 6.59. The Bertz CT molecular complexity index is 443. The fraction of sp³-hybridized carbons (Fsp3) is 0.538. The zero-order valence-electron chi connectivity index (χ0n) is 10.6. The molecule has 0 bridgehead atoms. The van der Waals surface area contributed by atoms with Gasteiger partial charge in [0.1, 0.15) is 24.4 Å². The van der Waals surface area contributed by atoms with Crippen LogP contribution in [-0.4, -0.2) is 58.1 Å². The first-order valence-electron chi connectivity index (χ1n) is 6.21. The molecule has 0 spiro atoms. The highest BCUT2D eigenvalue weighted by atomic mass is 35.5. The predicted molar refractivity (Wildman–Crippen MR) is 70.1 cm³/mol. The van der Waals surface area contributed by atoms with Gasteiger partial charge in [0.2, 0.25) is 0 Å². The van der Waals surface area contributed by atoms with E-state index in [1.165, 1.54) is 0 Å². The van der Waals surface area contributed by atoms with Crippen molar-refractivity contribution in [3.8, 4) is 0 Å². The Morgan fingerprint density at radius 1 is 1.20 bits per heavy atom. The summed E-state index contributed by atoms with van der Waals surface area (Å²) < 4.78 is 11.0. The molecule has 1 aliphatic rings. The second-order valence-electron chi connectivity index (χ2n) is 4.59. The summed E-state index contributed by atoms with van der Waals surface area (Å²) in [6.45, 7) is -0.988. The van der Waals surface area contributed by atoms with Crippen molar-refractivity contribution in [2.75, 3.05) is 13.2 Å². The first kappa shape index (κ1) is 15.7. The number of rotatable bonds is 5. The molecular formula is C13H17ClO6. The fourth-order valence-corrected chi connectivity index (χ4v) is 2.28. The molecule has 1 fully saturated rings. The van der Waals surface area contributed by atoms with E-state index in [9.17, 15) is 15.3 Å². The Balaban J connectivity index is 2.13. The zero-order valence-corrected chi connectivity index (χ0v) is 11.3. The Morgan fingerprint density at radius 3 is 2.55 bits per heavy atom.